The van der Waals surface area contributed by atoms with Crippen LogP contribution in [0.15, 0.2) is 0 Å². The van der Waals surface area contributed by atoms with Crippen molar-refractivity contribution in [3.05, 3.63) is 0 Å². The van der Waals surface area contributed by atoms with Gasteiger partial charge in [-0.1, -0.05) is 0 Å². The van der Waals surface area contributed by atoms with Crippen LogP contribution in [0.5, 0.6) is 0 Å². The number of phosphoric acid groups is 1. The second-order valence-electron chi connectivity index (χ2n) is 0.469. The summed E-state index contributed by atoms with van der Waals surface area (Å²) in [6.45, 7) is 0. The first-order valence-electron chi connectivity index (χ1n) is 0.748. The third kappa shape index (κ3) is 559. The summed E-state index contributed by atoms with van der Waals surface area (Å²) in [5.74, 6) is 0. The molecule has 0 aromatic carbocycles. The molecule has 0 saturated heterocycles. The van der Waals surface area contributed by atoms with Crippen LogP contribution in [0.1, 0.15) is 0 Å². The molecule has 0 aliphatic heterocycles. The first kappa shape index (κ1) is 83.0. The van der Waals surface area contributed by atoms with Gasteiger partial charge in [-0.25, -0.2) is 0 Å². The molecule has 0 aromatic rings. The van der Waals surface area contributed by atoms with E-state index in [4.69, 9.17) is 19.2 Å². The molecular weight excluding hydrogens is 237 g/mol. The van der Waals surface area contributed by atoms with E-state index in [1.165, 1.54) is 0 Å². The van der Waals surface area contributed by atoms with Gasteiger partial charge in [0.15, 0.2) is 0 Å². The average molecular weight is 250 g/mol. The molecule has 0 spiro atoms. The van der Waals surface area contributed by atoms with Gasteiger partial charge in [-0.3, -0.25) is 0 Å². The van der Waals surface area contributed by atoms with Crippen LogP contribution in [-0.4, -0.2) is 37.8 Å². The van der Waals surface area contributed by atoms with Crippen LogP contribution in [0.25, 0.3) is 0 Å². The Morgan fingerprint density at radius 1 is 0.769 bits per heavy atom. The van der Waals surface area contributed by atoms with E-state index in [2.05, 4.69) is 0 Å². The fourth-order valence-electron chi connectivity index (χ4n) is 0. The van der Waals surface area contributed by atoms with Crippen LogP contribution in [0.4, 0.5) is 0 Å². The smallest absolute Gasteiger partial charge is 0.790 e. The van der Waals surface area contributed by atoms with Crippen molar-refractivity contribution in [2.24, 2.45) is 0 Å². The van der Waals surface area contributed by atoms with E-state index in [0.29, 0.717) is 0 Å². The van der Waals surface area contributed by atoms with E-state index >= 15 is 0 Å². The predicted octanol–water partition coefficient (Wildman–Crippen LogP) is -13.1. The van der Waals surface area contributed by atoms with Gasteiger partial charge in [-0.15, -0.1) is 0 Å². The summed E-state index contributed by atoms with van der Waals surface area (Å²) in [5, 5.41) is 0. The fourth-order valence-corrected chi connectivity index (χ4v) is 0. The Kier molecular flexibility index (Phi) is 237. The Labute approximate surface area is 118 Å². The molecule has 13 heteroatoms. The molecule has 0 heterocycles. The van der Waals surface area contributed by atoms with Gasteiger partial charge in [0.25, 0.3) is 0 Å². The van der Waals surface area contributed by atoms with Gasteiger partial charge in [-0.2, -0.15) is 0 Å². The topological polar surface area (TPSA) is 272 Å². The maximum atomic E-state index is 8.66. The maximum absolute atomic E-state index is 8.66. The zero-order valence-electron chi connectivity index (χ0n) is 7.12. The third-order valence-corrected chi connectivity index (χ3v) is 0. The van der Waals surface area contributed by atoms with Crippen molar-refractivity contribution in [2.75, 3.05) is 0 Å². The zero-order valence-corrected chi connectivity index (χ0v) is 12.0. The minimum atomic E-state index is -5.14. The molecular formula is H13Na2O10P. The van der Waals surface area contributed by atoms with Crippen molar-refractivity contribution < 1.29 is 111 Å². The van der Waals surface area contributed by atoms with Gasteiger partial charge in [0.2, 0.25) is 0 Å². The maximum Gasteiger partial charge on any atom is 1.00 e. The van der Waals surface area contributed by atoms with E-state index in [1.807, 2.05) is 0 Å². The molecule has 0 unspecified atom stereocenters. The van der Waals surface area contributed by atoms with Crippen LogP contribution < -0.4 is 68.9 Å². The molecule has 0 aliphatic rings. The average Bonchev–Trinajstić information content (AvgIpc) is 0.722. The van der Waals surface area contributed by atoms with Gasteiger partial charge in [0.1, 0.15) is 0 Å². The predicted molar refractivity (Wildman–Crippen MR) is 31.5 cm³/mol. The van der Waals surface area contributed by atoms with Crippen LogP contribution in [0.3, 0.4) is 0 Å². The minimum absolute atomic E-state index is 0. The van der Waals surface area contributed by atoms with Crippen molar-refractivity contribution in [1.29, 1.82) is 0 Å². The summed E-state index contributed by atoms with van der Waals surface area (Å²) in [6.07, 6.45) is 0. The molecule has 0 amide bonds. The summed E-state index contributed by atoms with van der Waals surface area (Å²) in [6, 6.07) is 0. The summed E-state index contributed by atoms with van der Waals surface area (Å²) in [7, 11) is -5.14. The van der Waals surface area contributed by atoms with Crippen LogP contribution in [0, 0.1) is 0 Å². The first-order chi connectivity index (χ1) is 2.00. The summed E-state index contributed by atoms with van der Waals surface area (Å²) in [4.78, 5) is 24.3. The number of hydrogen-bond donors (Lipinski definition) is 1. The van der Waals surface area contributed by atoms with E-state index in [1.54, 1.807) is 0 Å². The number of rotatable bonds is 0. The molecule has 80 valence electrons. The van der Waals surface area contributed by atoms with Crippen molar-refractivity contribution >= 4 is 7.82 Å². The quantitative estimate of drug-likeness (QED) is 0.323. The van der Waals surface area contributed by atoms with E-state index in [9.17, 15) is 0 Å². The van der Waals surface area contributed by atoms with Gasteiger partial charge in [-0.05, 0) is 0 Å². The van der Waals surface area contributed by atoms with Crippen molar-refractivity contribution in [2.45, 2.75) is 0 Å². The van der Waals surface area contributed by atoms with E-state index < -0.39 is 7.82 Å². The standard InChI is InChI=1S/2Na.H3O4P.6H2O/c;;1-5(2,3)4;;;;;;/h;;(H3,1,2,3,4);6*1H2/q2*+1;;;;;;;/p-2. The molecule has 0 radical (unpaired) electrons. The summed E-state index contributed by atoms with van der Waals surface area (Å²) >= 11 is 0. The molecule has 0 aromatic heterocycles. The van der Waals surface area contributed by atoms with E-state index in [0.717, 1.165) is 0 Å². The monoisotopic (exact) mass is 250 g/mol. The molecule has 13 heavy (non-hydrogen) atoms. The fraction of sp³-hybridized carbons (Fsp3) is 0. The third-order valence-electron chi connectivity index (χ3n) is 0. The molecule has 0 aliphatic carbocycles. The Bertz CT molecular complexity index is 59.1. The Balaban J connectivity index is -0.00000000286. The second kappa shape index (κ2) is 37.1. The summed E-state index contributed by atoms with van der Waals surface area (Å²) in [5.41, 5.74) is 0. The van der Waals surface area contributed by atoms with Gasteiger partial charge in [0, 0.05) is 0 Å². The van der Waals surface area contributed by atoms with Crippen molar-refractivity contribution in [1.82, 2.24) is 0 Å². The molecule has 0 saturated carbocycles. The Morgan fingerprint density at radius 3 is 0.769 bits per heavy atom. The first-order valence-corrected chi connectivity index (χ1v) is 2.24. The van der Waals surface area contributed by atoms with E-state index in [-0.39, 0.29) is 92.0 Å². The number of hydrogen-bond acceptors (Lipinski definition) is 3. The van der Waals surface area contributed by atoms with Crippen molar-refractivity contribution in [3.63, 3.8) is 0 Å². The van der Waals surface area contributed by atoms with Crippen LogP contribution in [0.2, 0.25) is 0 Å². The largest absolute Gasteiger partial charge is 1.00 e. The Hall–Kier alpha value is 1.87. The molecule has 0 bridgehead atoms. The normalized spacial score (nSPS) is 4.54. The minimum Gasteiger partial charge on any atom is -0.790 e. The van der Waals surface area contributed by atoms with Gasteiger partial charge < -0.3 is 52.1 Å². The summed E-state index contributed by atoms with van der Waals surface area (Å²) < 4.78 is 8.66. The van der Waals surface area contributed by atoms with Gasteiger partial charge >= 0.3 is 59.1 Å². The molecule has 13 N–H and O–H groups in total. The molecule has 0 atom stereocenters. The molecule has 0 fully saturated rings. The zero-order chi connectivity index (χ0) is 4.50. The van der Waals surface area contributed by atoms with Crippen molar-refractivity contribution in [3.8, 4) is 0 Å². The second-order valence-corrected chi connectivity index (χ2v) is 1.41. The van der Waals surface area contributed by atoms with Crippen LogP contribution in [-0.2, 0) is 4.57 Å². The Morgan fingerprint density at radius 2 is 0.769 bits per heavy atom. The van der Waals surface area contributed by atoms with Crippen LogP contribution >= 0.6 is 7.82 Å². The van der Waals surface area contributed by atoms with Gasteiger partial charge in [0.05, 0.1) is 7.82 Å². The SMILES string of the molecule is O.O.O.O.O.O.O=P([O-])([O-])O.[Na+].[Na+]. The molecule has 10 nitrogen and oxygen atoms in total. The molecule has 0 rings (SSSR count).